The molecule has 1 atom stereocenters. The van der Waals surface area contributed by atoms with Crippen molar-refractivity contribution < 1.29 is 55.7 Å². The lowest BCUT2D eigenvalue weighted by Gasteiger charge is -2.34. The minimum Gasteiger partial charge on any atom is -0.475 e. The number of amides is 1. The van der Waals surface area contributed by atoms with Crippen LogP contribution >= 0.6 is 0 Å². The van der Waals surface area contributed by atoms with Gasteiger partial charge < -0.3 is 25.2 Å². The molecule has 3 heterocycles. The first kappa shape index (κ1) is 33.0. The molecule has 0 radical (unpaired) electrons. The normalized spacial score (nSPS) is 15.3. The van der Waals surface area contributed by atoms with E-state index >= 15 is 0 Å². The molecule has 0 spiro atoms. The average molecular weight is 569 g/mol. The Labute approximate surface area is 217 Å². The smallest absolute Gasteiger partial charge is 0.475 e. The molecule has 1 unspecified atom stereocenters. The molecule has 0 aliphatic carbocycles. The molecule has 11 nitrogen and oxygen atoms in total. The average Bonchev–Trinajstić information content (AvgIpc) is 2.84. The zero-order chi connectivity index (χ0) is 29.8. The molecule has 3 N–H and O–H groups in total. The number of carboxylic acids is 2. The summed E-state index contributed by atoms with van der Waals surface area (Å²) < 4.78 is 69.1. The number of hydrogen-bond acceptors (Lipinski definition) is 8. The molecule has 0 aromatic carbocycles. The monoisotopic (exact) mass is 569 g/mol. The number of alkyl halides is 6. The Kier molecular flexibility index (Phi) is 12.5. The number of pyridine rings is 1. The van der Waals surface area contributed by atoms with Crippen LogP contribution in [0.2, 0.25) is 0 Å². The number of aromatic nitrogens is 3. The molecule has 1 saturated heterocycles. The molecule has 39 heavy (non-hydrogen) atoms. The molecule has 2 aromatic heterocycles. The van der Waals surface area contributed by atoms with E-state index in [0.29, 0.717) is 25.6 Å². The van der Waals surface area contributed by atoms with E-state index in [1.807, 2.05) is 38.1 Å². The summed E-state index contributed by atoms with van der Waals surface area (Å²) in [6, 6.07) is 7.40. The van der Waals surface area contributed by atoms with Gasteiger partial charge in [0.25, 0.3) is 0 Å². The van der Waals surface area contributed by atoms with Gasteiger partial charge in [-0.2, -0.15) is 26.3 Å². The van der Waals surface area contributed by atoms with Crippen molar-refractivity contribution in [3.05, 3.63) is 48.2 Å². The lowest BCUT2D eigenvalue weighted by atomic mass is 10.1. The van der Waals surface area contributed by atoms with Crippen molar-refractivity contribution in [1.29, 1.82) is 0 Å². The van der Waals surface area contributed by atoms with Gasteiger partial charge in [-0.05, 0) is 32.0 Å². The van der Waals surface area contributed by atoms with Crippen LogP contribution in [0.3, 0.4) is 0 Å². The number of ether oxygens (including phenoxy) is 1. The van der Waals surface area contributed by atoms with Crippen molar-refractivity contribution in [3.8, 4) is 0 Å². The lowest BCUT2D eigenvalue weighted by Crippen LogP contribution is -2.44. The number of carboxylic acid groups (broad SMARTS) is 2. The van der Waals surface area contributed by atoms with Crippen LogP contribution in [0.1, 0.15) is 31.4 Å². The number of hydrogen-bond donors (Lipinski definition) is 3. The predicted octanol–water partition coefficient (Wildman–Crippen LogP) is 3.10. The van der Waals surface area contributed by atoms with E-state index in [9.17, 15) is 31.1 Å². The van der Waals surface area contributed by atoms with Crippen LogP contribution in [-0.2, 0) is 25.5 Å². The molecule has 2 aromatic rings. The maximum Gasteiger partial charge on any atom is 0.490 e. The maximum atomic E-state index is 12.8. The van der Waals surface area contributed by atoms with Gasteiger partial charge in [0.2, 0.25) is 5.91 Å². The molecule has 1 aliphatic heterocycles. The summed E-state index contributed by atoms with van der Waals surface area (Å²) in [7, 11) is 0. The topological polar surface area (TPSA) is 155 Å². The minimum absolute atomic E-state index is 0.0119. The quantitative estimate of drug-likeness (QED) is 0.458. The van der Waals surface area contributed by atoms with Crippen molar-refractivity contribution in [1.82, 2.24) is 19.9 Å². The summed E-state index contributed by atoms with van der Waals surface area (Å²) in [4.78, 5) is 45.5. The van der Waals surface area contributed by atoms with Gasteiger partial charge in [0.05, 0.1) is 19.6 Å². The van der Waals surface area contributed by atoms with E-state index in [-0.39, 0.29) is 24.4 Å². The van der Waals surface area contributed by atoms with Gasteiger partial charge in [-0.3, -0.25) is 9.78 Å². The minimum atomic E-state index is -5.08. The van der Waals surface area contributed by atoms with Crippen LogP contribution in [-0.4, -0.2) is 86.1 Å². The van der Waals surface area contributed by atoms with Gasteiger partial charge >= 0.3 is 24.3 Å². The molecule has 3 rings (SSSR count). The van der Waals surface area contributed by atoms with Crippen molar-refractivity contribution >= 4 is 23.7 Å². The molecule has 216 valence electrons. The number of aliphatic carboxylic acids is 2. The third kappa shape index (κ3) is 12.4. The number of halogens is 6. The van der Waals surface area contributed by atoms with Crippen molar-refractivity contribution in [2.75, 3.05) is 25.1 Å². The van der Waals surface area contributed by atoms with E-state index in [2.05, 4.69) is 20.3 Å². The number of carbonyl (C=O) groups excluding carboxylic acids is 1. The van der Waals surface area contributed by atoms with Crippen molar-refractivity contribution in [2.24, 2.45) is 0 Å². The Balaban J connectivity index is 0.000000449. The highest BCUT2D eigenvalue weighted by molar-refractivity contribution is 5.79. The van der Waals surface area contributed by atoms with Crippen LogP contribution in [0.15, 0.2) is 36.7 Å². The van der Waals surface area contributed by atoms with E-state index in [1.54, 1.807) is 17.3 Å². The Bertz CT molecular complexity index is 1060. The lowest BCUT2D eigenvalue weighted by molar-refractivity contribution is -0.193. The Morgan fingerprint density at radius 3 is 2.10 bits per heavy atom. The fraction of sp³-hybridized carbons (Fsp3) is 0.455. The summed E-state index contributed by atoms with van der Waals surface area (Å²) in [5.74, 6) is -4.15. The maximum absolute atomic E-state index is 12.8. The van der Waals surface area contributed by atoms with Crippen LogP contribution in [0.25, 0.3) is 0 Å². The second-order valence-electron chi connectivity index (χ2n) is 7.88. The molecule has 1 fully saturated rings. The van der Waals surface area contributed by atoms with Crippen LogP contribution < -0.4 is 5.32 Å². The number of rotatable bonds is 5. The number of carbonyl (C=O) groups is 3. The molecule has 1 amide bonds. The fourth-order valence-electron chi connectivity index (χ4n) is 2.79. The zero-order valence-corrected chi connectivity index (χ0v) is 20.5. The van der Waals surface area contributed by atoms with Crippen LogP contribution in [0.4, 0.5) is 32.2 Å². The fourth-order valence-corrected chi connectivity index (χ4v) is 2.79. The first-order valence-electron chi connectivity index (χ1n) is 11.0. The molecule has 1 aliphatic rings. The summed E-state index contributed by atoms with van der Waals surface area (Å²) in [6.45, 7) is 5.55. The first-order chi connectivity index (χ1) is 18.0. The largest absolute Gasteiger partial charge is 0.490 e. The van der Waals surface area contributed by atoms with Gasteiger partial charge in [-0.1, -0.05) is 6.07 Å². The highest BCUT2D eigenvalue weighted by Crippen LogP contribution is 2.23. The zero-order valence-electron chi connectivity index (χ0n) is 20.5. The summed E-state index contributed by atoms with van der Waals surface area (Å²) in [5.41, 5.74) is 0.758. The molecule has 0 bridgehead atoms. The van der Waals surface area contributed by atoms with Gasteiger partial charge in [0, 0.05) is 30.7 Å². The highest BCUT2D eigenvalue weighted by Gasteiger charge is 2.39. The number of anilines is 1. The number of nitrogens with one attached hydrogen (secondary N) is 1. The standard InChI is InChI=1S/C18H23N5O2.2C2HF3O2/c1-13(2)21-16-6-8-20-18(22-16)15-12-25-10-9-23(15)17(24)11-14-5-3-4-7-19-14;2*3-2(4,5)1(6)7/h3-8,13,15H,9-12H2,1-2H3,(H,20,21,22);2*(H,6,7). The van der Waals surface area contributed by atoms with Crippen LogP contribution in [0, 0.1) is 0 Å². The SMILES string of the molecule is CC(C)Nc1ccnc(C2COCCN2C(=O)Cc2ccccn2)n1.O=C(O)C(F)(F)F.O=C(O)C(F)(F)F. The predicted molar refractivity (Wildman–Crippen MR) is 121 cm³/mol. The Morgan fingerprint density at radius 1 is 1.03 bits per heavy atom. The third-order valence-electron chi connectivity index (χ3n) is 4.40. The molecule has 17 heteroatoms. The van der Waals surface area contributed by atoms with Crippen LogP contribution in [0.5, 0.6) is 0 Å². The van der Waals surface area contributed by atoms with E-state index in [1.165, 1.54) is 0 Å². The molecule has 0 saturated carbocycles. The van der Waals surface area contributed by atoms with Gasteiger partial charge in [-0.25, -0.2) is 19.6 Å². The summed E-state index contributed by atoms with van der Waals surface area (Å²) >= 11 is 0. The number of morpholine rings is 1. The highest BCUT2D eigenvalue weighted by atomic mass is 19.4. The van der Waals surface area contributed by atoms with Crippen molar-refractivity contribution in [3.63, 3.8) is 0 Å². The van der Waals surface area contributed by atoms with Gasteiger partial charge in [0.15, 0.2) is 5.82 Å². The number of nitrogens with zero attached hydrogens (tertiary/aromatic N) is 4. The second-order valence-corrected chi connectivity index (χ2v) is 7.88. The van der Waals surface area contributed by atoms with Crippen molar-refractivity contribution in [2.45, 2.75) is 44.7 Å². The second kappa shape index (κ2) is 14.8. The van der Waals surface area contributed by atoms with Gasteiger partial charge in [-0.15, -0.1) is 0 Å². The van der Waals surface area contributed by atoms with E-state index < -0.39 is 24.3 Å². The van der Waals surface area contributed by atoms with E-state index in [0.717, 1.165) is 11.5 Å². The summed E-state index contributed by atoms with van der Waals surface area (Å²) in [5, 5.41) is 17.5. The molecular formula is C22H25F6N5O6. The summed E-state index contributed by atoms with van der Waals surface area (Å²) in [6.07, 6.45) is -6.49. The third-order valence-corrected chi connectivity index (χ3v) is 4.40. The first-order valence-corrected chi connectivity index (χ1v) is 11.0. The Morgan fingerprint density at radius 2 is 1.62 bits per heavy atom. The molecular weight excluding hydrogens is 544 g/mol. The Hall–Kier alpha value is -4.02. The van der Waals surface area contributed by atoms with Gasteiger partial charge in [0.1, 0.15) is 11.9 Å². The van der Waals surface area contributed by atoms with E-state index in [4.69, 9.17) is 24.5 Å².